The van der Waals surface area contributed by atoms with E-state index in [1.807, 2.05) is 24.3 Å². The Morgan fingerprint density at radius 1 is 1.32 bits per heavy atom. The third kappa shape index (κ3) is 3.70. The number of benzene rings is 1. The summed E-state index contributed by atoms with van der Waals surface area (Å²) in [4.78, 5) is 18.2. The summed E-state index contributed by atoms with van der Waals surface area (Å²) >= 11 is 1.24. The monoisotopic (exact) mass is 318 g/mol. The van der Waals surface area contributed by atoms with Crippen molar-refractivity contribution >= 4 is 35.0 Å². The number of nitrogens with two attached hydrogens (primary N) is 1. The number of nitrogens with one attached hydrogen (secondary N) is 2. The molecule has 0 spiro atoms. The fourth-order valence-electron chi connectivity index (χ4n) is 2.38. The van der Waals surface area contributed by atoms with E-state index in [0.717, 1.165) is 18.8 Å². The molecule has 3 rings (SSSR count). The van der Waals surface area contributed by atoms with Crippen molar-refractivity contribution in [3.05, 3.63) is 24.3 Å². The predicted molar refractivity (Wildman–Crippen MR) is 88.0 cm³/mol. The van der Waals surface area contributed by atoms with Gasteiger partial charge in [-0.1, -0.05) is 11.8 Å². The number of nitrogens with zero attached hydrogens (tertiary/aromatic N) is 3. The Morgan fingerprint density at radius 3 is 2.68 bits per heavy atom. The second-order valence-electron chi connectivity index (χ2n) is 5.08. The van der Waals surface area contributed by atoms with Crippen LogP contribution in [0.1, 0.15) is 12.8 Å². The lowest BCUT2D eigenvalue weighted by atomic mass is 10.2. The van der Waals surface area contributed by atoms with Crippen LogP contribution in [-0.2, 0) is 4.79 Å². The van der Waals surface area contributed by atoms with Gasteiger partial charge in [-0.05, 0) is 37.1 Å². The van der Waals surface area contributed by atoms with Crippen LogP contribution in [0.3, 0.4) is 0 Å². The second kappa shape index (κ2) is 6.69. The molecular weight excluding hydrogens is 300 g/mol. The fraction of sp³-hybridized carbons (Fsp3) is 0.357. The van der Waals surface area contributed by atoms with Crippen molar-refractivity contribution in [2.45, 2.75) is 18.0 Å². The zero-order valence-electron chi connectivity index (χ0n) is 12.1. The van der Waals surface area contributed by atoms with E-state index in [-0.39, 0.29) is 17.6 Å². The number of rotatable bonds is 5. The molecule has 1 fully saturated rings. The molecule has 7 nitrogen and oxygen atoms in total. The molecule has 1 aliphatic rings. The minimum atomic E-state index is -0.0951. The van der Waals surface area contributed by atoms with Gasteiger partial charge in [-0.25, -0.2) is 5.10 Å². The summed E-state index contributed by atoms with van der Waals surface area (Å²) < 4.78 is 0. The maximum atomic E-state index is 11.9. The van der Waals surface area contributed by atoms with Gasteiger partial charge in [0.05, 0.1) is 5.75 Å². The van der Waals surface area contributed by atoms with Crippen LogP contribution < -0.4 is 16.0 Å². The highest BCUT2D eigenvalue weighted by molar-refractivity contribution is 7.99. The normalized spacial score (nSPS) is 14.3. The van der Waals surface area contributed by atoms with E-state index in [9.17, 15) is 4.79 Å². The molecule has 1 aromatic heterocycles. The first-order valence-electron chi connectivity index (χ1n) is 7.16. The van der Waals surface area contributed by atoms with Crippen LogP contribution in [0.25, 0.3) is 0 Å². The van der Waals surface area contributed by atoms with Crippen LogP contribution in [0.4, 0.5) is 17.3 Å². The summed E-state index contributed by atoms with van der Waals surface area (Å²) in [5.74, 6) is 0.397. The van der Waals surface area contributed by atoms with Gasteiger partial charge in [0, 0.05) is 24.5 Å². The van der Waals surface area contributed by atoms with E-state index in [0.29, 0.717) is 5.16 Å². The van der Waals surface area contributed by atoms with Crippen molar-refractivity contribution in [1.82, 2.24) is 15.2 Å². The van der Waals surface area contributed by atoms with E-state index < -0.39 is 0 Å². The summed E-state index contributed by atoms with van der Waals surface area (Å²) in [5, 5.41) is 9.73. The lowest BCUT2D eigenvalue weighted by Gasteiger charge is -2.17. The molecule has 1 saturated heterocycles. The standard InChI is InChI=1S/C14H18N6OS/c15-13-17-14(19-18-13)22-9-12(21)16-10-3-5-11(6-4-10)20-7-1-2-8-20/h3-6H,1-2,7-9H2,(H,16,21)(H3,15,17,18,19). The van der Waals surface area contributed by atoms with Gasteiger partial charge in [-0.3, -0.25) is 4.79 Å². The van der Waals surface area contributed by atoms with Crippen LogP contribution >= 0.6 is 11.8 Å². The Balaban J connectivity index is 1.50. The number of hydrogen-bond donors (Lipinski definition) is 3. The number of carbonyl (C=O) groups is 1. The Kier molecular flexibility index (Phi) is 4.47. The van der Waals surface area contributed by atoms with Crippen molar-refractivity contribution in [2.75, 3.05) is 34.8 Å². The molecule has 22 heavy (non-hydrogen) atoms. The highest BCUT2D eigenvalue weighted by Crippen LogP contribution is 2.22. The van der Waals surface area contributed by atoms with Crippen molar-refractivity contribution in [3.8, 4) is 0 Å². The number of hydrogen-bond acceptors (Lipinski definition) is 6. The molecular formula is C14H18N6OS. The van der Waals surface area contributed by atoms with E-state index >= 15 is 0 Å². The predicted octanol–water partition coefficient (Wildman–Crippen LogP) is 1.72. The molecule has 0 saturated carbocycles. The molecule has 2 heterocycles. The first-order valence-corrected chi connectivity index (χ1v) is 8.15. The number of aromatic amines is 1. The van der Waals surface area contributed by atoms with Crippen molar-refractivity contribution in [2.24, 2.45) is 0 Å². The maximum absolute atomic E-state index is 11.9. The van der Waals surface area contributed by atoms with E-state index in [4.69, 9.17) is 5.73 Å². The largest absolute Gasteiger partial charge is 0.372 e. The summed E-state index contributed by atoms with van der Waals surface area (Å²) in [5.41, 5.74) is 7.43. The maximum Gasteiger partial charge on any atom is 0.234 e. The number of aromatic nitrogens is 3. The molecule has 4 N–H and O–H groups in total. The molecule has 0 radical (unpaired) electrons. The summed E-state index contributed by atoms with van der Waals surface area (Å²) in [7, 11) is 0. The highest BCUT2D eigenvalue weighted by atomic mass is 32.2. The number of amides is 1. The minimum Gasteiger partial charge on any atom is -0.372 e. The van der Waals surface area contributed by atoms with Crippen molar-refractivity contribution in [1.29, 1.82) is 0 Å². The van der Waals surface area contributed by atoms with Gasteiger partial charge < -0.3 is 16.0 Å². The molecule has 0 unspecified atom stereocenters. The quantitative estimate of drug-likeness (QED) is 0.726. The molecule has 0 aliphatic carbocycles. The van der Waals surface area contributed by atoms with Gasteiger partial charge in [-0.2, -0.15) is 4.98 Å². The van der Waals surface area contributed by atoms with Crippen LogP contribution in [0.2, 0.25) is 0 Å². The minimum absolute atomic E-state index is 0.0951. The molecule has 0 atom stereocenters. The van der Waals surface area contributed by atoms with Gasteiger partial charge in [0.1, 0.15) is 0 Å². The summed E-state index contributed by atoms with van der Waals surface area (Å²) in [6, 6.07) is 7.95. The SMILES string of the molecule is Nc1nc(SCC(=O)Nc2ccc(N3CCCC3)cc2)n[nH]1. The van der Waals surface area contributed by atoms with Gasteiger partial charge >= 0.3 is 0 Å². The Morgan fingerprint density at radius 2 is 2.05 bits per heavy atom. The zero-order chi connectivity index (χ0) is 15.4. The van der Waals surface area contributed by atoms with Gasteiger partial charge in [0.15, 0.2) is 0 Å². The topological polar surface area (TPSA) is 99.9 Å². The number of nitrogen functional groups attached to an aromatic ring is 1. The molecule has 116 valence electrons. The van der Waals surface area contributed by atoms with Gasteiger partial charge in [0.25, 0.3) is 0 Å². The number of carbonyl (C=O) groups excluding carboxylic acids is 1. The summed E-state index contributed by atoms with van der Waals surface area (Å²) in [6.07, 6.45) is 2.50. The van der Waals surface area contributed by atoms with Crippen molar-refractivity contribution < 1.29 is 4.79 Å². The molecule has 0 bridgehead atoms. The Bertz CT molecular complexity index is 635. The molecule has 1 aromatic carbocycles. The zero-order valence-corrected chi connectivity index (χ0v) is 12.9. The number of thioether (sulfide) groups is 1. The molecule has 8 heteroatoms. The number of H-pyrrole nitrogens is 1. The van der Waals surface area contributed by atoms with Gasteiger partial charge in [0.2, 0.25) is 17.0 Å². The average molecular weight is 318 g/mol. The third-order valence-electron chi connectivity index (χ3n) is 3.44. The number of anilines is 3. The van der Waals surface area contributed by atoms with Crippen LogP contribution in [0.15, 0.2) is 29.4 Å². The summed E-state index contributed by atoms with van der Waals surface area (Å²) in [6.45, 7) is 2.23. The molecule has 2 aromatic rings. The van der Waals surface area contributed by atoms with Crippen LogP contribution in [0, 0.1) is 0 Å². The smallest absolute Gasteiger partial charge is 0.234 e. The van der Waals surface area contributed by atoms with Crippen molar-refractivity contribution in [3.63, 3.8) is 0 Å². The second-order valence-corrected chi connectivity index (χ2v) is 6.02. The fourth-order valence-corrected chi connectivity index (χ4v) is 2.99. The Hall–Kier alpha value is -2.22. The first-order chi connectivity index (χ1) is 10.7. The van der Waals surface area contributed by atoms with E-state index in [1.165, 1.54) is 30.3 Å². The van der Waals surface area contributed by atoms with E-state index in [2.05, 4.69) is 25.4 Å². The first kappa shape index (κ1) is 14.7. The van der Waals surface area contributed by atoms with Crippen LogP contribution in [0.5, 0.6) is 0 Å². The van der Waals surface area contributed by atoms with Gasteiger partial charge in [-0.15, -0.1) is 5.10 Å². The molecule has 1 amide bonds. The highest BCUT2D eigenvalue weighted by Gasteiger charge is 2.12. The third-order valence-corrected chi connectivity index (χ3v) is 4.28. The lowest BCUT2D eigenvalue weighted by Crippen LogP contribution is -2.18. The average Bonchev–Trinajstić information content (AvgIpc) is 3.17. The van der Waals surface area contributed by atoms with E-state index in [1.54, 1.807) is 0 Å². The Labute approximate surface area is 132 Å². The van der Waals surface area contributed by atoms with Crippen LogP contribution in [-0.4, -0.2) is 39.9 Å². The molecule has 1 aliphatic heterocycles. The lowest BCUT2D eigenvalue weighted by molar-refractivity contribution is -0.113.